The zero-order valence-corrected chi connectivity index (χ0v) is 12.2. The van der Waals surface area contributed by atoms with Crippen LogP contribution in [0.25, 0.3) is 6.08 Å². The van der Waals surface area contributed by atoms with E-state index in [0.29, 0.717) is 30.5 Å². The molecule has 2 rings (SSSR count). The number of nitrogens with zero attached hydrogens (tertiary/aromatic N) is 1. The van der Waals surface area contributed by atoms with E-state index in [4.69, 9.17) is 14.2 Å². The highest BCUT2D eigenvalue weighted by Crippen LogP contribution is 2.27. The number of aromatic nitrogens is 1. The van der Waals surface area contributed by atoms with Crippen molar-refractivity contribution in [2.24, 2.45) is 5.41 Å². The summed E-state index contributed by atoms with van der Waals surface area (Å²) in [7, 11) is 0. The molecule has 6 nitrogen and oxygen atoms in total. The third kappa shape index (κ3) is 4.05. The fraction of sp³-hybridized carbons (Fsp3) is 0.400. The van der Waals surface area contributed by atoms with Crippen LogP contribution in [0.5, 0.6) is 11.6 Å². The maximum absolute atomic E-state index is 11.5. The van der Waals surface area contributed by atoms with Crippen LogP contribution in [0.3, 0.4) is 0 Å². The van der Waals surface area contributed by atoms with Gasteiger partial charge >= 0.3 is 11.9 Å². The van der Waals surface area contributed by atoms with Crippen molar-refractivity contribution in [1.29, 1.82) is 0 Å². The smallest absolute Gasteiger partial charge is 0.338 e. The van der Waals surface area contributed by atoms with Crippen LogP contribution in [0.4, 0.5) is 0 Å². The highest BCUT2D eigenvalue weighted by atomic mass is 16.6. The highest BCUT2D eigenvalue weighted by molar-refractivity contribution is 5.96. The number of carbonyl (C=O) groups excluding carboxylic acids is 2. The first-order valence-electron chi connectivity index (χ1n) is 6.57. The lowest BCUT2D eigenvalue weighted by Gasteiger charge is -2.17. The maximum Gasteiger partial charge on any atom is 0.338 e. The molecule has 0 aromatic carbocycles. The molecule has 1 aliphatic heterocycles. The van der Waals surface area contributed by atoms with Crippen molar-refractivity contribution in [3.05, 3.63) is 23.9 Å². The molecule has 1 aliphatic rings. The van der Waals surface area contributed by atoms with E-state index in [1.807, 2.05) is 0 Å². The van der Waals surface area contributed by atoms with Crippen LogP contribution in [0.15, 0.2) is 18.2 Å². The van der Waals surface area contributed by atoms with Crippen molar-refractivity contribution in [2.45, 2.75) is 20.8 Å². The lowest BCUT2D eigenvalue weighted by Crippen LogP contribution is -2.25. The van der Waals surface area contributed by atoms with Gasteiger partial charge in [-0.25, -0.2) is 9.78 Å². The summed E-state index contributed by atoms with van der Waals surface area (Å²) in [4.78, 5) is 27.3. The van der Waals surface area contributed by atoms with Gasteiger partial charge in [0.15, 0.2) is 5.75 Å². The third-order valence-corrected chi connectivity index (χ3v) is 2.62. The second-order valence-corrected chi connectivity index (χ2v) is 5.53. The van der Waals surface area contributed by atoms with Crippen molar-refractivity contribution >= 4 is 18.0 Å². The summed E-state index contributed by atoms with van der Waals surface area (Å²) >= 11 is 0. The second-order valence-electron chi connectivity index (χ2n) is 5.53. The number of esters is 2. The molecule has 0 atom stereocenters. The van der Waals surface area contributed by atoms with E-state index in [2.05, 4.69) is 4.98 Å². The Kier molecular flexibility index (Phi) is 4.26. The van der Waals surface area contributed by atoms with Crippen LogP contribution < -0.4 is 9.47 Å². The molecule has 112 valence electrons. The van der Waals surface area contributed by atoms with Crippen LogP contribution >= 0.6 is 0 Å². The van der Waals surface area contributed by atoms with E-state index in [1.165, 1.54) is 6.08 Å². The molecule has 0 unspecified atom stereocenters. The highest BCUT2D eigenvalue weighted by Gasteiger charge is 2.24. The van der Waals surface area contributed by atoms with Gasteiger partial charge in [0.1, 0.15) is 13.2 Å². The van der Waals surface area contributed by atoms with Crippen LogP contribution in [0.1, 0.15) is 26.5 Å². The van der Waals surface area contributed by atoms with Crippen molar-refractivity contribution < 1.29 is 23.8 Å². The number of ether oxygens (including phenoxy) is 3. The van der Waals surface area contributed by atoms with Crippen LogP contribution in [0, 0.1) is 5.41 Å². The number of hydrogen-bond donors (Lipinski definition) is 0. The van der Waals surface area contributed by atoms with E-state index < -0.39 is 17.4 Å². The van der Waals surface area contributed by atoms with E-state index >= 15 is 0 Å². The third-order valence-electron chi connectivity index (χ3n) is 2.62. The first-order chi connectivity index (χ1) is 9.86. The minimum absolute atomic E-state index is 0.391. The molecule has 0 fully saturated rings. The van der Waals surface area contributed by atoms with Gasteiger partial charge in [-0.05, 0) is 39.0 Å². The van der Waals surface area contributed by atoms with E-state index in [9.17, 15) is 9.59 Å². The predicted octanol–water partition coefficient (Wildman–Crippen LogP) is 1.98. The van der Waals surface area contributed by atoms with Gasteiger partial charge in [0.25, 0.3) is 5.88 Å². The molecule has 0 N–H and O–H groups in total. The Morgan fingerprint density at radius 2 is 1.95 bits per heavy atom. The Morgan fingerprint density at radius 1 is 1.24 bits per heavy atom. The summed E-state index contributed by atoms with van der Waals surface area (Å²) in [5, 5.41) is 0. The fourth-order valence-electron chi connectivity index (χ4n) is 1.47. The summed E-state index contributed by atoms with van der Waals surface area (Å²) < 4.78 is 15.4. The van der Waals surface area contributed by atoms with Gasteiger partial charge in [-0.15, -0.1) is 0 Å². The number of hydrogen-bond acceptors (Lipinski definition) is 6. The van der Waals surface area contributed by atoms with Gasteiger partial charge in [-0.1, -0.05) is 0 Å². The quantitative estimate of drug-likeness (QED) is 0.471. The maximum atomic E-state index is 11.5. The molecule has 0 saturated heterocycles. The van der Waals surface area contributed by atoms with Crippen LogP contribution in [-0.2, 0) is 14.3 Å². The SMILES string of the molecule is CC(C)(C)C(=O)OC(=O)C=Cc1ccc2c(n1)OCCO2. The summed E-state index contributed by atoms with van der Waals surface area (Å²) in [5.41, 5.74) is -0.210. The van der Waals surface area contributed by atoms with Crippen molar-refractivity contribution in [3.63, 3.8) is 0 Å². The molecule has 21 heavy (non-hydrogen) atoms. The Bertz CT molecular complexity index is 586. The Morgan fingerprint density at radius 3 is 2.67 bits per heavy atom. The van der Waals surface area contributed by atoms with Crippen molar-refractivity contribution in [1.82, 2.24) is 4.98 Å². The standard InChI is InChI=1S/C15H17NO5/c1-15(2,3)14(18)21-12(17)7-5-10-4-6-11-13(16-10)20-9-8-19-11/h4-7H,8-9H2,1-3H3. The van der Waals surface area contributed by atoms with Crippen LogP contribution in [0.2, 0.25) is 0 Å². The van der Waals surface area contributed by atoms with Crippen LogP contribution in [-0.4, -0.2) is 30.1 Å². The molecule has 1 aromatic heterocycles. The molecule has 0 aliphatic carbocycles. The first kappa shape index (κ1) is 15.0. The molecular formula is C15H17NO5. The molecule has 1 aromatic rings. The average Bonchev–Trinajstić information content (AvgIpc) is 2.44. The zero-order chi connectivity index (χ0) is 15.5. The molecular weight excluding hydrogens is 274 g/mol. The van der Waals surface area contributed by atoms with Gasteiger partial charge in [0.05, 0.1) is 11.1 Å². The number of rotatable bonds is 2. The Balaban J connectivity index is 2.01. The first-order valence-corrected chi connectivity index (χ1v) is 6.57. The summed E-state index contributed by atoms with van der Waals surface area (Å²) in [6, 6.07) is 3.40. The summed E-state index contributed by atoms with van der Waals surface area (Å²) in [6.07, 6.45) is 2.61. The lowest BCUT2D eigenvalue weighted by atomic mass is 9.97. The number of fused-ring (bicyclic) bond motifs is 1. The molecule has 0 amide bonds. The number of carbonyl (C=O) groups is 2. The van der Waals surface area contributed by atoms with Crippen molar-refractivity contribution in [3.8, 4) is 11.6 Å². The van der Waals surface area contributed by atoms with Gasteiger partial charge in [0.2, 0.25) is 0 Å². The summed E-state index contributed by atoms with van der Waals surface area (Å²) in [5.74, 6) is -0.342. The lowest BCUT2D eigenvalue weighted by molar-refractivity contribution is -0.162. The molecule has 0 radical (unpaired) electrons. The van der Waals surface area contributed by atoms with Gasteiger partial charge < -0.3 is 14.2 Å². The fourth-order valence-corrected chi connectivity index (χ4v) is 1.47. The van der Waals surface area contributed by atoms with Gasteiger partial charge in [0, 0.05) is 6.08 Å². The van der Waals surface area contributed by atoms with Crippen molar-refractivity contribution in [2.75, 3.05) is 13.2 Å². The second kappa shape index (κ2) is 5.95. The zero-order valence-electron chi connectivity index (χ0n) is 12.2. The predicted molar refractivity (Wildman–Crippen MR) is 74.8 cm³/mol. The number of pyridine rings is 1. The van der Waals surface area contributed by atoms with E-state index in [0.717, 1.165) is 6.08 Å². The normalized spacial score (nSPS) is 14.0. The minimum Gasteiger partial charge on any atom is -0.484 e. The van der Waals surface area contributed by atoms with Gasteiger partial charge in [-0.2, -0.15) is 0 Å². The Hall–Kier alpha value is -2.37. The van der Waals surface area contributed by atoms with E-state index in [-0.39, 0.29) is 0 Å². The molecule has 6 heteroatoms. The van der Waals surface area contributed by atoms with E-state index in [1.54, 1.807) is 32.9 Å². The summed E-state index contributed by atoms with van der Waals surface area (Å²) in [6.45, 7) is 5.96. The minimum atomic E-state index is -0.730. The Labute approximate surface area is 122 Å². The van der Waals surface area contributed by atoms with Gasteiger partial charge in [-0.3, -0.25) is 4.79 Å². The largest absolute Gasteiger partial charge is 0.484 e. The molecule has 0 spiro atoms. The molecule has 0 bridgehead atoms. The molecule has 2 heterocycles. The molecule has 0 saturated carbocycles. The topological polar surface area (TPSA) is 74.7 Å². The monoisotopic (exact) mass is 291 g/mol. The average molecular weight is 291 g/mol.